The first-order valence-corrected chi connectivity index (χ1v) is 12.7. The molecule has 0 aliphatic rings. The van der Waals surface area contributed by atoms with Gasteiger partial charge in [0.1, 0.15) is 19.3 Å². The lowest BCUT2D eigenvalue weighted by molar-refractivity contribution is -0.757. The second kappa shape index (κ2) is 15.5. The molecule has 0 spiro atoms. The topological polar surface area (TPSA) is 116 Å². The molecule has 0 heterocycles. The maximum Gasteiger partial charge on any atom is 0.294 e. The average Bonchev–Trinajstić information content (AvgIpc) is 2.90. The van der Waals surface area contributed by atoms with E-state index >= 15 is 0 Å². The number of benzene rings is 2. The molecule has 10 nitrogen and oxygen atoms in total. The van der Waals surface area contributed by atoms with Gasteiger partial charge in [0, 0.05) is 12.6 Å². The molecule has 38 heavy (non-hydrogen) atoms. The highest BCUT2D eigenvalue weighted by Crippen LogP contribution is 2.33. The minimum absolute atomic E-state index is 0.0257. The van der Waals surface area contributed by atoms with Crippen LogP contribution in [-0.4, -0.2) is 63.2 Å². The van der Waals surface area contributed by atoms with E-state index in [9.17, 15) is 10.1 Å². The fraction of sp³-hybridized carbons (Fsp3) is 0.536. The van der Waals surface area contributed by atoms with E-state index in [2.05, 4.69) is 43.6 Å². The second-order valence-electron chi connectivity index (χ2n) is 9.24. The fourth-order valence-electron chi connectivity index (χ4n) is 4.34. The van der Waals surface area contributed by atoms with E-state index in [1.54, 1.807) is 26.4 Å². The Morgan fingerprint density at radius 2 is 1.66 bits per heavy atom. The molecule has 0 bridgehead atoms. The summed E-state index contributed by atoms with van der Waals surface area (Å²) in [6.07, 6.45) is 1.75. The van der Waals surface area contributed by atoms with Crippen LogP contribution < -0.4 is 18.9 Å². The van der Waals surface area contributed by atoms with Gasteiger partial charge < -0.3 is 23.8 Å². The Bertz CT molecular complexity index is 1070. The fourth-order valence-corrected chi connectivity index (χ4v) is 4.34. The molecule has 0 saturated carbocycles. The summed E-state index contributed by atoms with van der Waals surface area (Å²) in [7, 11) is 5.35. The molecule has 2 aromatic carbocycles. The van der Waals surface area contributed by atoms with Gasteiger partial charge >= 0.3 is 0 Å². The molecule has 0 aliphatic carbocycles. The lowest BCUT2D eigenvalue weighted by atomic mass is 9.95. The number of hydrogen-bond donors (Lipinski definition) is 0. The molecule has 0 radical (unpaired) electrons. The number of nitrogens with zero attached hydrogens (tertiary/aromatic N) is 3. The highest BCUT2D eigenvalue weighted by molar-refractivity contribution is 5.44. The Kier molecular flexibility index (Phi) is 12.5. The van der Waals surface area contributed by atoms with Crippen LogP contribution in [0, 0.1) is 27.4 Å². The molecule has 2 unspecified atom stereocenters. The summed E-state index contributed by atoms with van der Waals surface area (Å²) < 4.78 is 23.1. The highest BCUT2D eigenvalue weighted by Gasteiger charge is 2.29. The van der Waals surface area contributed by atoms with Gasteiger partial charge in [-0.2, -0.15) is 5.26 Å². The van der Waals surface area contributed by atoms with Gasteiger partial charge in [-0.25, -0.2) is 0 Å². The van der Waals surface area contributed by atoms with Crippen LogP contribution in [0.3, 0.4) is 0 Å². The van der Waals surface area contributed by atoms with E-state index in [-0.39, 0.29) is 37.7 Å². The van der Waals surface area contributed by atoms with Gasteiger partial charge in [-0.05, 0) is 61.2 Å². The Labute approximate surface area is 225 Å². The molecule has 0 aliphatic heterocycles. The van der Waals surface area contributed by atoms with Crippen LogP contribution in [0.2, 0.25) is 0 Å². The number of hydrogen-bond acceptors (Lipinski definition) is 9. The molecule has 2 atom stereocenters. The van der Waals surface area contributed by atoms with Crippen molar-refractivity contribution in [3.05, 3.63) is 57.6 Å². The van der Waals surface area contributed by atoms with E-state index in [4.69, 9.17) is 24.2 Å². The zero-order chi connectivity index (χ0) is 28.1. The molecule has 2 aromatic rings. The molecule has 10 heteroatoms. The van der Waals surface area contributed by atoms with Crippen molar-refractivity contribution in [2.24, 2.45) is 5.92 Å². The SMILES string of the molecule is CCC(C(Oc1ccc(CC#N)cc1OCCO[N+](=O)[O-])C(C)C)N(C)CCc1ccc(OC)c(OC)c1. The zero-order valence-corrected chi connectivity index (χ0v) is 23.1. The third kappa shape index (κ3) is 8.99. The summed E-state index contributed by atoms with van der Waals surface area (Å²) in [6, 6.07) is 13.6. The van der Waals surface area contributed by atoms with Gasteiger partial charge in [-0.15, -0.1) is 10.1 Å². The number of rotatable bonds is 17. The van der Waals surface area contributed by atoms with Crippen molar-refractivity contribution in [3.63, 3.8) is 0 Å². The van der Waals surface area contributed by atoms with Crippen LogP contribution in [0.25, 0.3) is 0 Å². The van der Waals surface area contributed by atoms with E-state index in [0.717, 1.165) is 30.5 Å². The van der Waals surface area contributed by atoms with Crippen molar-refractivity contribution in [3.8, 4) is 29.1 Å². The van der Waals surface area contributed by atoms with Gasteiger partial charge in [-0.3, -0.25) is 4.90 Å². The molecule has 0 N–H and O–H groups in total. The van der Waals surface area contributed by atoms with Crippen LogP contribution in [-0.2, 0) is 17.7 Å². The Balaban J connectivity index is 2.18. The minimum Gasteiger partial charge on any atom is -0.493 e. The molecule has 0 fully saturated rings. The molecular formula is C28H39N3O7. The number of likely N-dealkylation sites (N-methyl/N-ethyl adjacent to an activating group) is 1. The van der Waals surface area contributed by atoms with Crippen LogP contribution in [0.5, 0.6) is 23.0 Å². The van der Waals surface area contributed by atoms with Crippen LogP contribution in [0.15, 0.2) is 36.4 Å². The molecule has 0 amide bonds. The van der Waals surface area contributed by atoms with Crippen LogP contribution >= 0.6 is 0 Å². The van der Waals surface area contributed by atoms with Crippen molar-refractivity contribution >= 4 is 0 Å². The van der Waals surface area contributed by atoms with Crippen molar-refractivity contribution in [1.82, 2.24) is 4.90 Å². The molecular weight excluding hydrogens is 490 g/mol. The van der Waals surface area contributed by atoms with E-state index < -0.39 is 5.09 Å². The molecule has 208 valence electrons. The average molecular weight is 530 g/mol. The quantitative estimate of drug-likeness (QED) is 0.163. The molecule has 0 aromatic heterocycles. The lowest BCUT2D eigenvalue weighted by Crippen LogP contribution is -2.47. The van der Waals surface area contributed by atoms with Gasteiger partial charge in [0.2, 0.25) is 0 Å². The first kappa shape index (κ1) is 30.5. The summed E-state index contributed by atoms with van der Waals surface area (Å²) in [5.41, 5.74) is 1.91. The molecule has 0 saturated heterocycles. The van der Waals surface area contributed by atoms with E-state index in [0.29, 0.717) is 23.0 Å². The first-order chi connectivity index (χ1) is 18.2. The maximum atomic E-state index is 10.5. The van der Waals surface area contributed by atoms with Crippen molar-refractivity contribution in [2.75, 3.05) is 41.0 Å². The standard InChI is InChI=1S/C28H39N3O7/c1-7-23(30(4)15-13-22-8-10-24(34-5)26(18-22)35-6)28(20(2)3)38-25-11-9-21(12-14-29)19-27(25)36-16-17-37-31(32)33/h8-11,18-20,23,28H,7,12-13,15-17H2,1-6H3. The number of nitriles is 1. The normalized spacial score (nSPS) is 12.5. The first-order valence-electron chi connectivity index (χ1n) is 12.7. The summed E-state index contributed by atoms with van der Waals surface area (Å²) in [5.74, 6) is 2.55. The third-order valence-electron chi connectivity index (χ3n) is 6.31. The largest absolute Gasteiger partial charge is 0.493 e. The molecule has 2 rings (SSSR count). The Hall–Kier alpha value is -3.71. The summed E-state index contributed by atoms with van der Waals surface area (Å²) in [4.78, 5) is 17.1. The minimum atomic E-state index is -0.856. The smallest absolute Gasteiger partial charge is 0.294 e. The van der Waals surface area contributed by atoms with Gasteiger partial charge in [0.25, 0.3) is 5.09 Å². The summed E-state index contributed by atoms with van der Waals surface area (Å²) in [5, 5.41) is 18.7. The van der Waals surface area contributed by atoms with Gasteiger partial charge in [0.15, 0.2) is 23.0 Å². The third-order valence-corrected chi connectivity index (χ3v) is 6.31. The Morgan fingerprint density at radius 1 is 1.00 bits per heavy atom. The highest BCUT2D eigenvalue weighted by atomic mass is 17.0. The number of ether oxygens (including phenoxy) is 4. The lowest BCUT2D eigenvalue weighted by Gasteiger charge is -2.37. The van der Waals surface area contributed by atoms with Crippen molar-refractivity contribution in [1.29, 1.82) is 5.26 Å². The summed E-state index contributed by atoms with van der Waals surface area (Å²) >= 11 is 0. The van der Waals surface area contributed by atoms with Gasteiger partial charge in [0.05, 0.1) is 26.7 Å². The van der Waals surface area contributed by atoms with Gasteiger partial charge in [-0.1, -0.05) is 32.9 Å². The predicted octanol–water partition coefficient (Wildman–Crippen LogP) is 4.71. The Morgan fingerprint density at radius 3 is 2.26 bits per heavy atom. The van der Waals surface area contributed by atoms with Crippen molar-refractivity contribution < 1.29 is 28.9 Å². The predicted molar refractivity (Wildman–Crippen MR) is 143 cm³/mol. The zero-order valence-electron chi connectivity index (χ0n) is 23.1. The van der Waals surface area contributed by atoms with Crippen LogP contribution in [0.1, 0.15) is 38.3 Å². The second-order valence-corrected chi connectivity index (χ2v) is 9.24. The monoisotopic (exact) mass is 529 g/mol. The van der Waals surface area contributed by atoms with E-state index in [1.165, 1.54) is 0 Å². The number of methoxy groups -OCH3 is 2. The summed E-state index contributed by atoms with van der Waals surface area (Å²) in [6.45, 7) is 6.94. The maximum absolute atomic E-state index is 10.5. The van der Waals surface area contributed by atoms with Crippen LogP contribution in [0.4, 0.5) is 0 Å². The van der Waals surface area contributed by atoms with Crippen molar-refractivity contribution in [2.45, 2.75) is 52.2 Å². The van der Waals surface area contributed by atoms with E-state index in [1.807, 2.05) is 24.3 Å².